The number of carbonyl (C=O) groups is 3. The Hall–Kier alpha value is -3.74. The number of rotatable bonds is 9. The molecule has 0 aromatic heterocycles. The number of nitrogens with one attached hydrogen (secondary N) is 1. The van der Waals surface area contributed by atoms with Crippen molar-refractivity contribution in [3.05, 3.63) is 77.6 Å². The average molecular weight is 504 g/mol. The van der Waals surface area contributed by atoms with E-state index in [1.54, 1.807) is 21.9 Å². The average Bonchev–Trinajstić information content (AvgIpc) is 3.12. The van der Waals surface area contributed by atoms with Crippen LogP contribution in [-0.2, 0) is 16.1 Å². The van der Waals surface area contributed by atoms with Gasteiger partial charge < -0.3 is 15.1 Å². The van der Waals surface area contributed by atoms with Crippen LogP contribution in [0, 0.1) is 5.82 Å². The third kappa shape index (κ3) is 5.82. The van der Waals surface area contributed by atoms with Crippen LogP contribution in [0.25, 0.3) is 10.8 Å². The Morgan fingerprint density at radius 3 is 2.35 bits per heavy atom. The molecule has 3 amide bonds. The zero-order valence-corrected chi connectivity index (χ0v) is 21.9. The summed E-state index contributed by atoms with van der Waals surface area (Å²) in [4.78, 5) is 43.0. The molecule has 1 unspecified atom stereocenters. The highest BCUT2D eigenvalue weighted by molar-refractivity contribution is 6.25. The van der Waals surface area contributed by atoms with Gasteiger partial charge in [-0.3, -0.25) is 14.4 Å². The summed E-state index contributed by atoms with van der Waals surface area (Å²) >= 11 is 0. The third-order valence-corrected chi connectivity index (χ3v) is 6.57. The normalized spacial score (nSPS) is 13.6. The van der Waals surface area contributed by atoms with Gasteiger partial charge in [-0.1, -0.05) is 43.3 Å². The lowest BCUT2D eigenvalue weighted by molar-refractivity contribution is -0.142. The first-order chi connectivity index (χ1) is 17.6. The molecule has 3 aromatic carbocycles. The number of amides is 3. The number of benzene rings is 3. The largest absolute Gasteiger partial charge is 0.350 e. The second kappa shape index (κ2) is 10.7. The molecule has 194 valence electrons. The molecule has 0 radical (unpaired) electrons. The molecule has 1 aliphatic rings. The molecule has 0 aliphatic carbocycles. The zero-order valence-electron chi connectivity index (χ0n) is 21.9. The SMILES string of the molecule is CCC(C(=O)NC(C)(C)C)N(Cc1ccc(F)cc1)C(=O)CCCN1C(=O)c2cccc3cccc1c23. The maximum absolute atomic E-state index is 13.5. The number of carbonyl (C=O) groups excluding carboxylic acids is 3. The number of anilines is 1. The van der Waals surface area contributed by atoms with E-state index < -0.39 is 11.6 Å². The number of hydrogen-bond donors (Lipinski definition) is 1. The van der Waals surface area contributed by atoms with E-state index in [0.29, 0.717) is 24.9 Å². The monoisotopic (exact) mass is 503 g/mol. The van der Waals surface area contributed by atoms with Gasteiger partial charge in [0.1, 0.15) is 11.9 Å². The summed E-state index contributed by atoms with van der Waals surface area (Å²) in [5.74, 6) is -0.811. The van der Waals surface area contributed by atoms with E-state index in [9.17, 15) is 18.8 Å². The zero-order chi connectivity index (χ0) is 26.7. The van der Waals surface area contributed by atoms with Crippen LogP contribution in [0.2, 0.25) is 0 Å². The fraction of sp³-hybridized carbons (Fsp3) is 0.367. The minimum atomic E-state index is -0.664. The van der Waals surface area contributed by atoms with Crippen molar-refractivity contribution in [1.82, 2.24) is 10.2 Å². The van der Waals surface area contributed by atoms with Crippen molar-refractivity contribution in [2.75, 3.05) is 11.4 Å². The van der Waals surface area contributed by atoms with Crippen LogP contribution < -0.4 is 10.2 Å². The van der Waals surface area contributed by atoms with Crippen LogP contribution in [0.15, 0.2) is 60.7 Å². The smallest absolute Gasteiger partial charge is 0.258 e. The van der Waals surface area contributed by atoms with Crippen molar-refractivity contribution in [1.29, 1.82) is 0 Å². The van der Waals surface area contributed by atoms with Gasteiger partial charge in [0, 0.05) is 36.0 Å². The second-order valence-electron chi connectivity index (χ2n) is 10.6. The predicted molar refractivity (Wildman–Crippen MR) is 144 cm³/mol. The Morgan fingerprint density at radius 2 is 1.70 bits per heavy atom. The Bertz CT molecular complexity index is 1310. The Kier molecular flexibility index (Phi) is 7.62. The van der Waals surface area contributed by atoms with Crippen molar-refractivity contribution in [3.63, 3.8) is 0 Å². The Morgan fingerprint density at radius 1 is 1.03 bits per heavy atom. The van der Waals surface area contributed by atoms with Crippen LogP contribution in [0.4, 0.5) is 10.1 Å². The molecule has 0 spiro atoms. The van der Waals surface area contributed by atoms with Crippen molar-refractivity contribution < 1.29 is 18.8 Å². The van der Waals surface area contributed by atoms with Crippen molar-refractivity contribution in [2.45, 2.75) is 65.1 Å². The predicted octanol–water partition coefficient (Wildman–Crippen LogP) is 5.44. The van der Waals surface area contributed by atoms with Crippen LogP contribution in [0.3, 0.4) is 0 Å². The molecule has 0 bridgehead atoms. The van der Waals surface area contributed by atoms with E-state index in [4.69, 9.17) is 0 Å². The minimum absolute atomic E-state index is 0.0570. The van der Waals surface area contributed by atoms with E-state index in [1.807, 2.05) is 64.1 Å². The van der Waals surface area contributed by atoms with Crippen molar-refractivity contribution in [2.24, 2.45) is 0 Å². The van der Waals surface area contributed by atoms with E-state index in [0.717, 1.165) is 22.0 Å². The lowest BCUT2D eigenvalue weighted by Crippen LogP contribution is -2.53. The molecule has 4 rings (SSSR count). The van der Waals surface area contributed by atoms with E-state index in [1.165, 1.54) is 12.1 Å². The summed E-state index contributed by atoms with van der Waals surface area (Å²) in [6, 6.07) is 16.9. The summed E-state index contributed by atoms with van der Waals surface area (Å²) in [5.41, 5.74) is 1.85. The topological polar surface area (TPSA) is 69.7 Å². The fourth-order valence-electron chi connectivity index (χ4n) is 4.89. The molecule has 7 heteroatoms. The summed E-state index contributed by atoms with van der Waals surface area (Å²) < 4.78 is 13.5. The Balaban J connectivity index is 1.49. The molecule has 1 atom stereocenters. The Labute approximate surface area is 217 Å². The van der Waals surface area contributed by atoms with Gasteiger partial charge >= 0.3 is 0 Å². The molecular formula is C30H34FN3O3. The van der Waals surface area contributed by atoms with E-state index in [-0.39, 0.29) is 36.5 Å². The molecular weight excluding hydrogens is 469 g/mol. The number of hydrogen-bond acceptors (Lipinski definition) is 3. The van der Waals surface area contributed by atoms with E-state index in [2.05, 4.69) is 5.32 Å². The highest BCUT2D eigenvalue weighted by Crippen LogP contribution is 2.37. The molecule has 1 aliphatic heterocycles. The van der Waals surface area contributed by atoms with Crippen molar-refractivity contribution >= 4 is 34.2 Å². The maximum Gasteiger partial charge on any atom is 0.258 e. The lowest BCUT2D eigenvalue weighted by Gasteiger charge is -2.33. The molecule has 0 saturated carbocycles. The van der Waals surface area contributed by atoms with Crippen LogP contribution in [0.5, 0.6) is 0 Å². The van der Waals surface area contributed by atoms with Gasteiger partial charge in [0.15, 0.2) is 0 Å². The summed E-state index contributed by atoms with van der Waals surface area (Å²) in [5, 5.41) is 4.95. The molecule has 0 saturated heterocycles. The first-order valence-corrected chi connectivity index (χ1v) is 12.8. The first kappa shape index (κ1) is 26.3. The van der Waals surface area contributed by atoms with Crippen molar-refractivity contribution in [3.8, 4) is 0 Å². The quantitative estimate of drug-likeness (QED) is 0.423. The molecule has 1 heterocycles. The maximum atomic E-state index is 13.5. The standard InChI is InChI=1S/C30H34FN3O3/c1-5-24(28(36)32-30(2,3)4)34(19-20-14-16-22(31)17-15-20)26(35)13-8-18-33-25-12-7-10-21-9-6-11-23(27(21)25)29(33)37/h6-7,9-12,14-17,24H,5,8,13,18-19H2,1-4H3,(H,32,36). The summed E-state index contributed by atoms with van der Waals surface area (Å²) in [7, 11) is 0. The third-order valence-electron chi connectivity index (χ3n) is 6.57. The van der Waals surface area contributed by atoms with Gasteiger partial charge in [-0.25, -0.2) is 4.39 Å². The van der Waals surface area contributed by atoms with Crippen LogP contribution >= 0.6 is 0 Å². The number of halogens is 1. The van der Waals surface area contributed by atoms with Gasteiger partial charge in [-0.2, -0.15) is 0 Å². The molecule has 3 aromatic rings. The second-order valence-corrected chi connectivity index (χ2v) is 10.6. The fourth-order valence-corrected chi connectivity index (χ4v) is 4.89. The first-order valence-electron chi connectivity index (χ1n) is 12.8. The molecule has 37 heavy (non-hydrogen) atoms. The number of nitrogens with zero attached hydrogens (tertiary/aromatic N) is 2. The van der Waals surface area contributed by atoms with Crippen LogP contribution in [-0.4, -0.2) is 40.7 Å². The summed E-state index contributed by atoms with van der Waals surface area (Å²) in [6.07, 6.45) is 1.07. The molecule has 1 N–H and O–H groups in total. The van der Waals surface area contributed by atoms with E-state index >= 15 is 0 Å². The minimum Gasteiger partial charge on any atom is -0.350 e. The van der Waals surface area contributed by atoms with Gasteiger partial charge in [0.25, 0.3) is 5.91 Å². The lowest BCUT2D eigenvalue weighted by atomic mass is 10.0. The molecule has 6 nitrogen and oxygen atoms in total. The van der Waals surface area contributed by atoms with Gasteiger partial charge in [0.05, 0.1) is 5.69 Å². The van der Waals surface area contributed by atoms with Gasteiger partial charge in [-0.15, -0.1) is 0 Å². The highest BCUT2D eigenvalue weighted by Gasteiger charge is 2.32. The van der Waals surface area contributed by atoms with Gasteiger partial charge in [0.2, 0.25) is 11.8 Å². The highest BCUT2D eigenvalue weighted by atomic mass is 19.1. The summed E-state index contributed by atoms with van der Waals surface area (Å²) in [6.45, 7) is 8.16. The van der Waals surface area contributed by atoms with Gasteiger partial charge in [-0.05, 0) is 68.8 Å². The molecule has 0 fully saturated rings. The van der Waals surface area contributed by atoms with Crippen LogP contribution in [0.1, 0.15) is 62.9 Å².